The Morgan fingerprint density at radius 2 is 2.03 bits per heavy atom. The molecule has 0 saturated heterocycles. The van der Waals surface area contributed by atoms with Gasteiger partial charge in [0, 0.05) is 31.3 Å². The number of rotatable bonds is 8. The Kier molecular flexibility index (Phi) is 7.09. The van der Waals surface area contributed by atoms with E-state index in [1.165, 1.54) is 0 Å². The van der Waals surface area contributed by atoms with E-state index >= 15 is 0 Å². The summed E-state index contributed by atoms with van der Waals surface area (Å²) in [6, 6.07) is 5.23. The Morgan fingerprint density at radius 3 is 2.73 bits per heavy atom. The number of fused-ring (bicyclic) bond motifs is 1. The minimum absolute atomic E-state index is 0.124. The molecule has 4 aromatic rings. The van der Waals surface area contributed by atoms with Crippen LogP contribution in [0.15, 0.2) is 28.9 Å². The number of hydrogen-bond donors (Lipinski definition) is 2. The van der Waals surface area contributed by atoms with Crippen LogP contribution in [0, 0.1) is 13.8 Å². The van der Waals surface area contributed by atoms with Crippen molar-refractivity contribution < 1.29 is 14.4 Å². The van der Waals surface area contributed by atoms with E-state index in [2.05, 4.69) is 20.5 Å². The van der Waals surface area contributed by atoms with Crippen molar-refractivity contribution in [1.82, 2.24) is 30.2 Å². The van der Waals surface area contributed by atoms with Gasteiger partial charge in [0.1, 0.15) is 34.9 Å². The van der Waals surface area contributed by atoms with Gasteiger partial charge in [0.2, 0.25) is 0 Å². The Morgan fingerprint density at radius 1 is 1.22 bits per heavy atom. The number of aliphatic hydroxyl groups excluding tert-OH is 1. The summed E-state index contributed by atoms with van der Waals surface area (Å²) < 4.78 is 13.1. The average molecular weight is 544 g/mol. The Hall–Kier alpha value is -3.18. The first kappa shape index (κ1) is 25.5. The zero-order chi connectivity index (χ0) is 26.3. The van der Waals surface area contributed by atoms with Crippen LogP contribution >= 0.6 is 23.2 Å². The maximum atomic E-state index is 10.0. The molecule has 0 saturated carbocycles. The quantitative estimate of drug-likeness (QED) is 0.341. The van der Waals surface area contributed by atoms with Crippen LogP contribution in [0.4, 0.5) is 5.82 Å². The number of nitrogens with zero attached hydrogens (tertiary/aromatic N) is 6. The molecule has 3 aromatic heterocycles. The third-order valence-corrected chi connectivity index (χ3v) is 6.99. The normalized spacial score (nSPS) is 13.8. The molecule has 4 heterocycles. The van der Waals surface area contributed by atoms with Crippen LogP contribution in [0.2, 0.25) is 10.0 Å². The molecule has 1 aromatic carbocycles. The molecule has 194 valence electrons. The maximum absolute atomic E-state index is 10.0. The summed E-state index contributed by atoms with van der Waals surface area (Å²) in [5.41, 5.74) is 4.69. The molecule has 5 rings (SSSR count). The second kappa shape index (κ2) is 10.3. The first-order valence-corrected chi connectivity index (χ1v) is 12.5. The second-order valence-corrected chi connectivity index (χ2v) is 9.78. The molecule has 2 N–H and O–H groups in total. The van der Waals surface area contributed by atoms with Crippen LogP contribution in [0.1, 0.15) is 22.7 Å². The lowest BCUT2D eigenvalue weighted by atomic mass is 10.1. The SMILES string of the molecule is CNC[C@@H](O)COc1ccc(Cl)c(-c2nc(-c3c(C)noc3C)c(Cl)c(N3Cc4cnn(C)c4C3)n2)c1. The molecule has 1 atom stereocenters. The Balaban J connectivity index is 1.60. The summed E-state index contributed by atoms with van der Waals surface area (Å²) in [7, 11) is 3.69. The van der Waals surface area contributed by atoms with Gasteiger partial charge >= 0.3 is 0 Å². The van der Waals surface area contributed by atoms with Crippen molar-refractivity contribution in [3.63, 3.8) is 0 Å². The van der Waals surface area contributed by atoms with E-state index in [1.54, 1.807) is 25.2 Å². The van der Waals surface area contributed by atoms with Gasteiger partial charge in [0.05, 0.1) is 34.7 Å². The van der Waals surface area contributed by atoms with Gasteiger partial charge in [-0.05, 0) is 39.1 Å². The lowest BCUT2D eigenvalue weighted by Crippen LogP contribution is -2.29. The number of benzene rings is 1. The average Bonchev–Trinajstić information content (AvgIpc) is 3.55. The van der Waals surface area contributed by atoms with E-state index in [4.69, 9.17) is 42.4 Å². The highest BCUT2D eigenvalue weighted by molar-refractivity contribution is 6.36. The Labute approximate surface area is 224 Å². The number of aliphatic hydroxyl groups is 1. The van der Waals surface area contributed by atoms with E-state index in [1.807, 2.05) is 31.8 Å². The van der Waals surface area contributed by atoms with Crippen LogP contribution in [0.25, 0.3) is 22.6 Å². The van der Waals surface area contributed by atoms with Gasteiger partial charge in [-0.2, -0.15) is 5.10 Å². The number of nitrogens with one attached hydrogen (secondary N) is 1. The fourth-order valence-corrected chi connectivity index (χ4v) is 4.94. The second-order valence-electron chi connectivity index (χ2n) is 8.99. The molecule has 0 aliphatic carbocycles. The molecule has 12 heteroatoms. The molecular weight excluding hydrogens is 517 g/mol. The largest absolute Gasteiger partial charge is 0.491 e. The molecule has 10 nitrogen and oxygen atoms in total. The molecular formula is C25H27Cl2N7O3. The standard InChI is InChI=1S/C25H27Cl2N7O3/c1-13-21(14(2)37-32-13)23-22(27)25(34-10-15-8-29-33(4)20(15)11-34)31-24(30-23)18-7-17(5-6-19(18)26)36-12-16(35)9-28-3/h5-8,16,28,35H,9-12H2,1-4H3/t16-/m1/s1. The lowest BCUT2D eigenvalue weighted by molar-refractivity contribution is 0.108. The monoisotopic (exact) mass is 543 g/mol. The summed E-state index contributed by atoms with van der Waals surface area (Å²) in [5.74, 6) is 2.10. The number of halogens is 2. The van der Waals surface area contributed by atoms with Crippen molar-refractivity contribution in [1.29, 1.82) is 0 Å². The maximum Gasteiger partial charge on any atom is 0.163 e. The molecule has 1 aliphatic heterocycles. The van der Waals surface area contributed by atoms with E-state index in [-0.39, 0.29) is 6.61 Å². The van der Waals surface area contributed by atoms with Crippen molar-refractivity contribution in [2.24, 2.45) is 7.05 Å². The minimum Gasteiger partial charge on any atom is -0.491 e. The number of aromatic nitrogens is 5. The van der Waals surface area contributed by atoms with Crippen molar-refractivity contribution in [2.45, 2.75) is 33.0 Å². The summed E-state index contributed by atoms with van der Waals surface area (Å²) in [6.07, 6.45) is 1.21. The summed E-state index contributed by atoms with van der Waals surface area (Å²) in [5, 5.41) is 22.2. The van der Waals surface area contributed by atoms with Gasteiger partial charge in [-0.3, -0.25) is 4.68 Å². The third kappa shape index (κ3) is 4.89. The first-order valence-electron chi connectivity index (χ1n) is 11.8. The van der Waals surface area contributed by atoms with Crippen LogP contribution in [-0.4, -0.2) is 56.3 Å². The van der Waals surface area contributed by atoms with E-state index in [0.29, 0.717) is 75.3 Å². The molecule has 1 aliphatic rings. The van der Waals surface area contributed by atoms with Crippen LogP contribution in [0.5, 0.6) is 5.75 Å². The van der Waals surface area contributed by atoms with Crippen molar-refractivity contribution in [3.05, 3.63) is 57.2 Å². The smallest absolute Gasteiger partial charge is 0.163 e. The predicted molar refractivity (Wildman–Crippen MR) is 141 cm³/mol. The van der Waals surface area contributed by atoms with Crippen LogP contribution in [-0.2, 0) is 20.1 Å². The van der Waals surface area contributed by atoms with Gasteiger partial charge in [-0.1, -0.05) is 28.4 Å². The number of anilines is 1. The summed E-state index contributed by atoms with van der Waals surface area (Å²) >= 11 is 13.6. The highest BCUT2D eigenvalue weighted by Gasteiger charge is 2.29. The van der Waals surface area contributed by atoms with Crippen LogP contribution < -0.4 is 15.0 Å². The van der Waals surface area contributed by atoms with Gasteiger partial charge in [0.25, 0.3) is 0 Å². The van der Waals surface area contributed by atoms with Gasteiger partial charge in [-0.15, -0.1) is 0 Å². The molecule has 0 radical (unpaired) electrons. The molecule has 0 bridgehead atoms. The zero-order valence-electron chi connectivity index (χ0n) is 20.9. The third-order valence-electron chi connectivity index (χ3n) is 6.31. The Bertz CT molecular complexity index is 1430. The zero-order valence-corrected chi connectivity index (χ0v) is 22.4. The van der Waals surface area contributed by atoms with Crippen molar-refractivity contribution in [2.75, 3.05) is 25.1 Å². The number of aryl methyl sites for hydroxylation is 3. The highest BCUT2D eigenvalue weighted by atomic mass is 35.5. The van der Waals surface area contributed by atoms with E-state index < -0.39 is 6.10 Å². The van der Waals surface area contributed by atoms with Gasteiger partial charge in [-0.25, -0.2) is 9.97 Å². The number of likely N-dealkylation sites (N-methyl/N-ethyl adjacent to an activating group) is 1. The fraction of sp³-hybridized carbons (Fsp3) is 0.360. The van der Waals surface area contributed by atoms with Gasteiger partial charge < -0.3 is 24.6 Å². The predicted octanol–water partition coefficient (Wildman–Crippen LogP) is 3.94. The topological polar surface area (TPSA) is 114 Å². The van der Waals surface area contributed by atoms with Crippen molar-refractivity contribution in [3.8, 4) is 28.4 Å². The minimum atomic E-state index is -0.653. The molecule has 0 amide bonds. The first-order chi connectivity index (χ1) is 17.8. The lowest BCUT2D eigenvalue weighted by Gasteiger charge is -2.21. The molecule has 0 spiro atoms. The number of hydrogen-bond acceptors (Lipinski definition) is 9. The fourth-order valence-electron chi connectivity index (χ4n) is 4.44. The number of ether oxygens (including phenoxy) is 1. The molecule has 37 heavy (non-hydrogen) atoms. The van der Waals surface area contributed by atoms with Crippen LogP contribution in [0.3, 0.4) is 0 Å². The van der Waals surface area contributed by atoms with Gasteiger partial charge in [0.15, 0.2) is 11.6 Å². The molecule has 0 fully saturated rings. The summed E-state index contributed by atoms with van der Waals surface area (Å²) in [6.45, 7) is 5.42. The highest BCUT2D eigenvalue weighted by Crippen LogP contribution is 2.41. The molecule has 0 unspecified atom stereocenters. The van der Waals surface area contributed by atoms with E-state index in [0.717, 1.165) is 11.3 Å². The van der Waals surface area contributed by atoms with Crippen molar-refractivity contribution >= 4 is 29.0 Å². The van der Waals surface area contributed by atoms with E-state index in [9.17, 15) is 5.11 Å². The summed E-state index contributed by atoms with van der Waals surface area (Å²) in [4.78, 5) is 11.8.